The minimum Gasteiger partial charge on any atom is -0.333 e. The predicted molar refractivity (Wildman–Crippen MR) is 146 cm³/mol. The average molecular weight is 503 g/mol. The molecule has 0 bridgehead atoms. The molecule has 7 heteroatoms. The van der Waals surface area contributed by atoms with E-state index in [1.807, 2.05) is 38.1 Å². The van der Waals surface area contributed by atoms with Crippen molar-refractivity contribution in [3.8, 4) is 0 Å². The van der Waals surface area contributed by atoms with Crippen LogP contribution in [0.3, 0.4) is 0 Å². The Balaban J connectivity index is 0.000000222. The second kappa shape index (κ2) is 15.9. The molecule has 34 heavy (non-hydrogen) atoms. The highest BCUT2D eigenvalue weighted by atomic mass is 35.5. The van der Waals surface area contributed by atoms with Gasteiger partial charge in [0.2, 0.25) is 0 Å². The molecule has 2 aliphatic rings. The van der Waals surface area contributed by atoms with Gasteiger partial charge in [-0.25, -0.2) is 4.98 Å². The van der Waals surface area contributed by atoms with E-state index >= 15 is 0 Å². The largest absolute Gasteiger partial charge is 0.333 e. The van der Waals surface area contributed by atoms with Crippen molar-refractivity contribution in [3.05, 3.63) is 57.1 Å². The molecule has 0 spiro atoms. The Labute approximate surface area is 213 Å². The number of aromatic nitrogens is 2. The number of nitrogens with zero attached hydrogens (tertiary/aromatic N) is 3. The Bertz CT molecular complexity index is 982. The van der Waals surface area contributed by atoms with E-state index < -0.39 is 0 Å². The number of carbonyl (C=O) groups is 1. The molecule has 2 aromatic heterocycles. The highest BCUT2D eigenvalue weighted by molar-refractivity contribution is 7.15. The number of hydrogen-bond acceptors (Lipinski definition) is 6. The number of pyridine rings is 1. The number of benzene rings is 1. The first-order valence-corrected chi connectivity index (χ1v) is 13.7. The number of fused-ring (bicyclic) bond motifs is 2. The molecule has 1 aliphatic heterocycles. The first kappa shape index (κ1) is 28.4. The van der Waals surface area contributed by atoms with Gasteiger partial charge in [0.15, 0.2) is 10.8 Å². The van der Waals surface area contributed by atoms with Crippen LogP contribution in [0.5, 0.6) is 0 Å². The maximum Gasteiger partial charge on any atom is 0.184 e. The van der Waals surface area contributed by atoms with Crippen LogP contribution < -0.4 is 5.73 Å². The lowest BCUT2D eigenvalue weighted by Gasteiger charge is -2.29. The summed E-state index contributed by atoms with van der Waals surface area (Å²) in [5.74, 6) is 0.985. The topological polar surface area (TPSA) is 72.1 Å². The van der Waals surface area contributed by atoms with Gasteiger partial charge >= 0.3 is 0 Å². The molecular weight excluding hydrogens is 464 g/mol. The highest BCUT2D eigenvalue weighted by Crippen LogP contribution is 2.30. The molecule has 0 unspecified atom stereocenters. The van der Waals surface area contributed by atoms with Gasteiger partial charge in [0, 0.05) is 35.1 Å². The van der Waals surface area contributed by atoms with Crippen LogP contribution in [0.4, 0.5) is 0 Å². The van der Waals surface area contributed by atoms with Gasteiger partial charge in [-0.3, -0.25) is 14.7 Å². The molecular formula is C27H39ClN4OS. The van der Waals surface area contributed by atoms with Gasteiger partial charge in [-0.2, -0.15) is 0 Å². The summed E-state index contributed by atoms with van der Waals surface area (Å²) in [6.07, 6.45) is 12.4. The summed E-state index contributed by atoms with van der Waals surface area (Å²) in [7, 11) is 1.50. The van der Waals surface area contributed by atoms with Crippen molar-refractivity contribution in [2.75, 3.05) is 20.1 Å². The van der Waals surface area contributed by atoms with Crippen LogP contribution >= 0.6 is 22.9 Å². The van der Waals surface area contributed by atoms with E-state index in [-0.39, 0.29) is 0 Å². The number of carbonyl (C=O) groups excluding carboxylic acids is 1. The molecule has 0 radical (unpaired) electrons. The lowest BCUT2D eigenvalue weighted by atomic mass is 9.87. The van der Waals surface area contributed by atoms with Crippen LogP contribution in [0.1, 0.15) is 73.3 Å². The standard InChI is InChI=1S/C14H21ClN2S.C10H7NO.C2H6.CH5N/c15-14-16-12-10-17(9-7-13(12)18-14)8-6-11-4-2-1-3-5-11;12-7-8-3-1-5-10-9(8)4-2-6-11-10;2*1-2/h11H,1-10H2;1-7H;1-2H3;2H2,1H3. The molecule has 1 aromatic carbocycles. The summed E-state index contributed by atoms with van der Waals surface area (Å²) in [6, 6.07) is 9.24. The molecule has 186 valence electrons. The molecule has 5 nitrogen and oxygen atoms in total. The zero-order valence-corrected chi connectivity index (χ0v) is 22.4. The fourth-order valence-corrected chi connectivity index (χ4v) is 5.64. The number of nitrogens with two attached hydrogens (primary N) is 1. The van der Waals surface area contributed by atoms with Crippen molar-refractivity contribution < 1.29 is 4.79 Å². The Morgan fingerprint density at radius 2 is 1.91 bits per heavy atom. The second-order valence-corrected chi connectivity index (χ2v) is 9.86. The second-order valence-electron chi connectivity index (χ2n) is 8.19. The molecule has 0 saturated heterocycles. The number of halogens is 1. The van der Waals surface area contributed by atoms with Crippen LogP contribution in [0, 0.1) is 5.92 Å². The fraction of sp³-hybridized carbons (Fsp3) is 0.519. The molecule has 0 amide bonds. The zero-order valence-electron chi connectivity index (χ0n) is 20.8. The van der Waals surface area contributed by atoms with Crippen LogP contribution in [-0.2, 0) is 13.0 Å². The molecule has 1 saturated carbocycles. The smallest absolute Gasteiger partial charge is 0.184 e. The third kappa shape index (κ3) is 8.42. The quantitative estimate of drug-likeness (QED) is 0.398. The van der Waals surface area contributed by atoms with E-state index in [2.05, 4.69) is 20.6 Å². The summed E-state index contributed by atoms with van der Waals surface area (Å²) in [5, 5.41) is 0.912. The van der Waals surface area contributed by atoms with Crippen molar-refractivity contribution >= 4 is 40.1 Å². The van der Waals surface area contributed by atoms with E-state index in [1.54, 1.807) is 23.6 Å². The van der Waals surface area contributed by atoms with Gasteiger partial charge in [0.1, 0.15) is 0 Å². The van der Waals surface area contributed by atoms with E-state index in [0.29, 0.717) is 10.0 Å². The number of thiazole rings is 1. The molecule has 0 atom stereocenters. The van der Waals surface area contributed by atoms with Crippen LogP contribution in [0.25, 0.3) is 10.9 Å². The van der Waals surface area contributed by atoms with Crippen LogP contribution in [0.2, 0.25) is 4.47 Å². The Morgan fingerprint density at radius 3 is 2.65 bits per heavy atom. The van der Waals surface area contributed by atoms with E-state index in [4.69, 9.17) is 11.6 Å². The number of aldehydes is 1. The molecule has 1 fully saturated rings. The van der Waals surface area contributed by atoms with Crippen molar-refractivity contribution in [1.29, 1.82) is 0 Å². The SMILES string of the molecule is CC.CN.Clc1nc2c(s1)CCN(CCC1CCCCC1)C2.O=Cc1cccc2ncccc12. The minimum atomic E-state index is 0.695. The first-order chi connectivity index (χ1) is 16.7. The van der Waals surface area contributed by atoms with Gasteiger partial charge in [0.05, 0.1) is 11.2 Å². The average Bonchev–Trinajstić information content (AvgIpc) is 3.29. The molecule has 5 rings (SSSR count). The molecule has 3 heterocycles. The van der Waals surface area contributed by atoms with Crippen molar-refractivity contribution in [3.63, 3.8) is 0 Å². The van der Waals surface area contributed by atoms with Crippen molar-refractivity contribution in [1.82, 2.24) is 14.9 Å². The molecule has 3 aromatic rings. The lowest BCUT2D eigenvalue weighted by molar-refractivity contribution is 0.112. The summed E-state index contributed by atoms with van der Waals surface area (Å²) in [5.41, 5.74) is 7.29. The van der Waals surface area contributed by atoms with Gasteiger partial charge in [-0.05, 0) is 44.5 Å². The Kier molecular flexibility index (Phi) is 13.3. The van der Waals surface area contributed by atoms with E-state index in [1.165, 1.54) is 69.2 Å². The van der Waals surface area contributed by atoms with Gasteiger partial charge in [0.25, 0.3) is 0 Å². The molecule has 2 N–H and O–H groups in total. The monoisotopic (exact) mass is 502 g/mol. The van der Waals surface area contributed by atoms with Crippen LogP contribution in [0.15, 0.2) is 36.5 Å². The summed E-state index contributed by atoms with van der Waals surface area (Å²) in [6.45, 7) is 7.46. The van der Waals surface area contributed by atoms with Crippen LogP contribution in [-0.4, -0.2) is 41.3 Å². The van der Waals surface area contributed by atoms with Crippen molar-refractivity contribution in [2.45, 2.75) is 65.3 Å². The highest BCUT2D eigenvalue weighted by Gasteiger charge is 2.21. The van der Waals surface area contributed by atoms with Gasteiger partial charge < -0.3 is 5.73 Å². The summed E-state index contributed by atoms with van der Waals surface area (Å²) in [4.78, 5) is 23.1. The molecule has 1 aliphatic carbocycles. The predicted octanol–water partition coefficient (Wildman–Crippen LogP) is 6.77. The summed E-state index contributed by atoms with van der Waals surface area (Å²) < 4.78 is 0.717. The third-order valence-electron chi connectivity index (χ3n) is 6.17. The first-order valence-electron chi connectivity index (χ1n) is 12.5. The van der Waals surface area contributed by atoms with E-state index in [0.717, 1.165) is 36.1 Å². The third-order valence-corrected chi connectivity index (χ3v) is 7.43. The zero-order chi connectivity index (χ0) is 24.8. The maximum atomic E-state index is 10.6. The maximum absolute atomic E-state index is 10.6. The Hall–Kier alpha value is -1.86. The van der Waals surface area contributed by atoms with Gasteiger partial charge in [-0.1, -0.05) is 75.8 Å². The number of rotatable bonds is 4. The normalized spacial score (nSPS) is 15.6. The van der Waals surface area contributed by atoms with Gasteiger partial charge in [-0.15, -0.1) is 11.3 Å². The summed E-state index contributed by atoms with van der Waals surface area (Å²) >= 11 is 7.65. The van der Waals surface area contributed by atoms with Crippen molar-refractivity contribution in [2.24, 2.45) is 11.7 Å². The lowest BCUT2D eigenvalue weighted by Crippen LogP contribution is -2.32. The number of hydrogen-bond donors (Lipinski definition) is 1. The minimum absolute atomic E-state index is 0.695. The fourth-order valence-electron chi connectivity index (χ4n) is 4.48. The Morgan fingerprint density at radius 1 is 1.15 bits per heavy atom. The van der Waals surface area contributed by atoms with E-state index in [9.17, 15) is 4.79 Å².